The third-order valence-corrected chi connectivity index (χ3v) is 2.94. The van der Waals surface area contributed by atoms with Crippen LogP contribution in [-0.2, 0) is 19.0 Å². The number of rotatable bonds is 3. The van der Waals surface area contributed by atoms with Crippen LogP contribution in [-0.4, -0.2) is 66.7 Å². The smallest absolute Gasteiger partial charge is 0.410 e. The minimum absolute atomic E-state index is 0.0319. The Morgan fingerprint density at radius 1 is 1.50 bits per heavy atom. The van der Waals surface area contributed by atoms with E-state index in [1.807, 2.05) is 0 Å². The molecule has 2 aliphatic heterocycles. The van der Waals surface area contributed by atoms with Crippen molar-refractivity contribution in [1.82, 2.24) is 4.90 Å². The summed E-state index contributed by atoms with van der Waals surface area (Å²) in [7, 11) is 0. The molecule has 0 radical (unpaired) electrons. The molecule has 2 saturated heterocycles. The number of aliphatic carboxylic acids is 1. The van der Waals surface area contributed by atoms with Gasteiger partial charge >= 0.3 is 12.1 Å². The van der Waals surface area contributed by atoms with Crippen LogP contribution in [0.2, 0.25) is 0 Å². The molecule has 1 amide bonds. The predicted octanol–water partition coefficient (Wildman–Crippen LogP) is -0.138. The number of fused-ring (bicyclic) bond motifs is 1. The first-order chi connectivity index (χ1) is 8.63. The number of carboxylic acid groups (broad SMARTS) is 1. The average Bonchev–Trinajstić information content (AvgIpc) is 2.82. The number of ether oxygens (including phenoxy) is 3. The summed E-state index contributed by atoms with van der Waals surface area (Å²) >= 11 is 0. The molecule has 1 N–H and O–H groups in total. The Bertz CT molecular complexity index is 357. The van der Waals surface area contributed by atoms with E-state index in [1.165, 1.54) is 11.0 Å². The topological polar surface area (TPSA) is 85.3 Å². The van der Waals surface area contributed by atoms with Crippen LogP contribution >= 0.6 is 0 Å². The van der Waals surface area contributed by atoms with Gasteiger partial charge in [-0.15, -0.1) is 0 Å². The lowest BCUT2D eigenvalue weighted by atomic mass is 10.1. The number of carbonyl (C=O) groups excluding carboxylic acids is 1. The van der Waals surface area contributed by atoms with Gasteiger partial charge in [0.2, 0.25) is 0 Å². The van der Waals surface area contributed by atoms with E-state index in [4.69, 9.17) is 19.3 Å². The second-order valence-electron chi connectivity index (χ2n) is 4.12. The van der Waals surface area contributed by atoms with Gasteiger partial charge in [0.1, 0.15) is 12.7 Å². The Morgan fingerprint density at radius 2 is 2.28 bits per heavy atom. The molecule has 2 fully saturated rings. The number of hydrogen-bond acceptors (Lipinski definition) is 5. The first kappa shape index (κ1) is 12.8. The highest BCUT2D eigenvalue weighted by atomic mass is 16.6. The summed E-state index contributed by atoms with van der Waals surface area (Å²) in [6, 6.07) is -0.280. The van der Waals surface area contributed by atoms with Crippen LogP contribution in [0.1, 0.15) is 0 Å². The largest absolute Gasteiger partial charge is 0.479 e. The molecule has 2 aliphatic rings. The zero-order valence-electron chi connectivity index (χ0n) is 9.78. The fourth-order valence-electron chi connectivity index (χ4n) is 2.07. The van der Waals surface area contributed by atoms with Gasteiger partial charge in [-0.25, -0.2) is 9.59 Å². The van der Waals surface area contributed by atoms with Gasteiger partial charge in [-0.1, -0.05) is 12.7 Å². The third-order valence-electron chi connectivity index (χ3n) is 2.94. The molecule has 100 valence electrons. The first-order valence-electron chi connectivity index (χ1n) is 5.63. The maximum atomic E-state index is 11.8. The van der Waals surface area contributed by atoms with E-state index in [9.17, 15) is 9.59 Å². The van der Waals surface area contributed by atoms with Crippen molar-refractivity contribution in [3.8, 4) is 0 Å². The molecule has 7 heteroatoms. The molecule has 0 saturated carbocycles. The highest BCUT2D eigenvalue weighted by Crippen LogP contribution is 2.24. The minimum atomic E-state index is -1.10. The summed E-state index contributed by atoms with van der Waals surface area (Å²) in [5, 5.41) is 8.97. The Hall–Kier alpha value is -1.60. The summed E-state index contributed by atoms with van der Waals surface area (Å²) in [5.41, 5.74) is 0. The molecule has 0 bridgehead atoms. The Labute approximate surface area is 104 Å². The van der Waals surface area contributed by atoms with Crippen molar-refractivity contribution in [3.05, 3.63) is 12.7 Å². The molecule has 3 unspecified atom stereocenters. The van der Waals surface area contributed by atoms with Crippen molar-refractivity contribution in [2.45, 2.75) is 18.2 Å². The van der Waals surface area contributed by atoms with Crippen molar-refractivity contribution in [2.24, 2.45) is 0 Å². The zero-order chi connectivity index (χ0) is 13.1. The minimum Gasteiger partial charge on any atom is -0.479 e. The van der Waals surface area contributed by atoms with Gasteiger partial charge in [0.25, 0.3) is 0 Å². The van der Waals surface area contributed by atoms with E-state index < -0.39 is 24.3 Å². The van der Waals surface area contributed by atoms with Crippen LogP contribution in [0.15, 0.2) is 12.7 Å². The number of carbonyl (C=O) groups is 2. The van der Waals surface area contributed by atoms with E-state index in [0.29, 0.717) is 13.2 Å². The lowest BCUT2D eigenvalue weighted by molar-refractivity contribution is -0.165. The molecular formula is C11H15NO6. The number of hydrogen-bond donors (Lipinski definition) is 1. The second kappa shape index (κ2) is 5.36. The number of morpholine rings is 1. The van der Waals surface area contributed by atoms with Crippen LogP contribution in [0.5, 0.6) is 0 Å². The summed E-state index contributed by atoms with van der Waals surface area (Å²) in [6.07, 6.45) is -0.555. The van der Waals surface area contributed by atoms with Crippen LogP contribution in [0, 0.1) is 0 Å². The van der Waals surface area contributed by atoms with E-state index in [0.717, 1.165) is 0 Å². The van der Waals surface area contributed by atoms with Gasteiger partial charge in [-0.2, -0.15) is 0 Å². The first-order valence-corrected chi connectivity index (χ1v) is 5.63. The summed E-state index contributed by atoms with van der Waals surface area (Å²) < 4.78 is 15.5. The molecule has 0 spiro atoms. The highest BCUT2D eigenvalue weighted by Gasteiger charge is 2.45. The molecule has 0 aromatic heterocycles. The quantitative estimate of drug-likeness (QED) is 0.708. The molecule has 18 heavy (non-hydrogen) atoms. The maximum absolute atomic E-state index is 11.8. The molecule has 7 nitrogen and oxygen atoms in total. The summed E-state index contributed by atoms with van der Waals surface area (Å²) in [6.45, 7) is 4.13. The van der Waals surface area contributed by atoms with E-state index >= 15 is 0 Å². The lowest BCUT2D eigenvalue weighted by Crippen LogP contribution is -2.58. The molecule has 0 aromatic carbocycles. The van der Waals surface area contributed by atoms with Crippen molar-refractivity contribution >= 4 is 12.1 Å². The molecule has 0 aliphatic carbocycles. The van der Waals surface area contributed by atoms with Gasteiger partial charge in [-0.05, 0) is 0 Å². The van der Waals surface area contributed by atoms with Crippen LogP contribution < -0.4 is 0 Å². The second-order valence-corrected chi connectivity index (χ2v) is 4.12. The van der Waals surface area contributed by atoms with Gasteiger partial charge < -0.3 is 19.3 Å². The monoisotopic (exact) mass is 257 g/mol. The van der Waals surface area contributed by atoms with Crippen LogP contribution in [0.4, 0.5) is 4.79 Å². The average molecular weight is 257 g/mol. The van der Waals surface area contributed by atoms with E-state index in [1.54, 1.807) is 0 Å². The molecule has 2 heterocycles. The number of amides is 1. The van der Waals surface area contributed by atoms with Crippen molar-refractivity contribution < 1.29 is 28.9 Å². The van der Waals surface area contributed by atoms with Gasteiger partial charge in [0.15, 0.2) is 6.10 Å². The van der Waals surface area contributed by atoms with Crippen molar-refractivity contribution in [3.63, 3.8) is 0 Å². The standard InChI is InChI=1S/C11H15NO6/c1-2-3-17-11(15)12-4-8(10(13)14)18-9-6-16-5-7(9)12/h2,7-9H,1,3-6H2,(H,13,14). The summed E-state index contributed by atoms with van der Waals surface area (Å²) in [5.74, 6) is -1.10. The fourth-order valence-corrected chi connectivity index (χ4v) is 2.07. The Morgan fingerprint density at radius 3 is 2.94 bits per heavy atom. The normalized spacial score (nSPS) is 30.7. The van der Waals surface area contributed by atoms with E-state index in [2.05, 4.69) is 6.58 Å². The van der Waals surface area contributed by atoms with Crippen LogP contribution in [0.3, 0.4) is 0 Å². The predicted molar refractivity (Wildman–Crippen MR) is 59.2 cm³/mol. The summed E-state index contributed by atoms with van der Waals surface area (Å²) in [4.78, 5) is 24.1. The highest BCUT2D eigenvalue weighted by molar-refractivity contribution is 5.75. The van der Waals surface area contributed by atoms with Crippen molar-refractivity contribution in [1.29, 1.82) is 0 Å². The van der Waals surface area contributed by atoms with Crippen LogP contribution in [0.25, 0.3) is 0 Å². The zero-order valence-corrected chi connectivity index (χ0v) is 9.78. The molecule has 3 atom stereocenters. The number of nitrogens with zero attached hydrogens (tertiary/aromatic N) is 1. The third kappa shape index (κ3) is 2.46. The van der Waals surface area contributed by atoms with Crippen molar-refractivity contribution in [2.75, 3.05) is 26.4 Å². The molecule has 2 rings (SSSR count). The Kier molecular flexibility index (Phi) is 3.83. The van der Waals surface area contributed by atoms with Gasteiger partial charge in [0.05, 0.1) is 25.8 Å². The fraction of sp³-hybridized carbons (Fsp3) is 0.636. The molecule has 0 aromatic rings. The Balaban J connectivity index is 2.07. The maximum Gasteiger partial charge on any atom is 0.410 e. The van der Waals surface area contributed by atoms with Gasteiger partial charge in [0, 0.05) is 0 Å². The number of carboxylic acids is 1. The van der Waals surface area contributed by atoms with Gasteiger partial charge in [-0.3, -0.25) is 4.90 Å². The molecular weight excluding hydrogens is 242 g/mol. The van der Waals surface area contributed by atoms with E-state index in [-0.39, 0.29) is 19.2 Å². The SMILES string of the molecule is C=CCOC(=O)N1CC(C(=O)O)OC2COCC21. The lowest BCUT2D eigenvalue weighted by Gasteiger charge is -2.38.